The molecule has 0 amide bonds. The van der Waals surface area contributed by atoms with Gasteiger partial charge in [-0.2, -0.15) is 0 Å². The van der Waals surface area contributed by atoms with Gasteiger partial charge in [-0.05, 0) is 54.5 Å². The second-order valence-corrected chi connectivity index (χ2v) is 5.39. The number of hydrogen-bond donors (Lipinski definition) is 1. The molecule has 3 rings (SSSR count). The van der Waals surface area contributed by atoms with Crippen LogP contribution in [0.2, 0.25) is 0 Å². The minimum absolute atomic E-state index is 0.0225. The van der Waals surface area contributed by atoms with Gasteiger partial charge in [-0.3, -0.25) is 9.47 Å². The van der Waals surface area contributed by atoms with Crippen molar-refractivity contribution in [3.63, 3.8) is 0 Å². The average molecular weight is 296 g/mol. The van der Waals surface area contributed by atoms with E-state index < -0.39 is 0 Å². The van der Waals surface area contributed by atoms with Crippen LogP contribution in [0, 0.1) is 0 Å². The number of aromatic nitrogens is 2. The maximum atomic E-state index is 12.1. The van der Waals surface area contributed by atoms with Crippen molar-refractivity contribution in [2.24, 2.45) is 0 Å². The standard InChI is InChI=1S/C12H14BrN3O/c1-15-7-3-6-10(15)16-11-8(13)4-2-5-9(11)14-12(16)17/h2,4-5,10H,3,6-7H2,1H3,(H,14,17). The fourth-order valence-corrected chi connectivity index (χ4v) is 3.20. The van der Waals surface area contributed by atoms with Gasteiger partial charge in [0.05, 0.1) is 17.2 Å². The van der Waals surface area contributed by atoms with Crippen LogP contribution in [-0.4, -0.2) is 28.0 Å². The van der Waals surface area contributed by atoms with Crippen LogP contribution in [0.25, 0.3) is 11.0 Å². The fraction of sp³-hybridized carbons (Fsp3) is 0.417. The highest BCUT2D eigenvalue weighted by Crippen LogP contribution is 2.30. The predicted octanol–water partition coefficient (Wildman–Crippen LogP) is 2.32. The van der Waals surface area contributed by atoms with Crippen molar-refractivity contribution in [3.8, 4) is 0 Å². The smallest absolute Gasteiger partial charge is 0.305 e. The van der Waals surface area contributed by atoms with Crippen molar-refractivity contribution in [2.75, 3.05) is 13.6 Å². The third-order valence-electron chi connectivity index (χ3n) is 3.47. The first-order valence-corrected chi connectivity index (χ1v) is 6.57. The molecule has 1 N–H and O–H groups in total. The summed E-state index contributed by atoms with van der Waals surface area (Å²) < 4.78 is 2.83. The van der Waals surface area contributed by atoms with Crippen molar-refractivity contribution in [1.82, 2.24) is 14.5 Å². The number of rotatable bonds is 1. The number of nitrogens with zero attached hydrogens (tertiary/aromatic N) is 2. The Hall–Kier alpha value is -1.07. The molecule has 90 valence electrons. The van der Waals surface area contributed by atoms with Gasteiger partial charge >= 0.3 is 5.69 Å². The van der Waals surface area contributed by atoms with Gasteiger partial charge in [0.1, 0.15) is 0 Å². The second kappa shape index (κ2) is 3.99. The molecule has 0 radical (unpaired) electrons. The molecular weight excluding hydrogens is 282 g/mol. The Morgan fingerprint density at radius 1 is 1.47 bits per heavy atom. The van der Waals surface area contributed by atoms with Gasteiger partial charge in [0.15, 0.2) is 0 Å². The number of benzene rings is 1. The lowest BCUT2D eigenvalue weighted by molar-refractivity contribution is 0.238. The molecule has 17 heavy (non-hydrogen) atoms. The van der Waals surface area contributed by atoms with Gasteiger partial charge in [0.25, 0.3) is 0 Å². The van der Waals surface area contributed by atoms with E-state index in [1.807, 2.05) is 22.8 Å². The van der Waals surface area contributed by atoms with Gasteiger partial charge in [-0.25, -0.2) is 4.79 Å². The summed E-state index contributed by atoms with van der Waals surface area (Å²) in [6.07, 6.45) is 2.35. The van der Waals surface area contributed by atoms with E-state index in [0.29, 0.717) is 0 Å². The Balaban J connectivity index is 2.28. The van der Waals surface area contributed by atoms with E-state index in [0.717, 1.165) is 34.9 Å². The molecule has 5 heteroatoms. The summed E-state index contributed by atoms with van der Waals surface area (Å²) in [4.78, 5) is 17.2. The third kappa shape index (κ3) is 1.65. The summed E-state index contributed by atoms with van der Waals surface area (Å²) in [5.74, 6) is 0. The Morgan fingerprint density at radius 3 is 3.00 bits per heavy atom. The average Bonchev–Trinajstić information content (AvgIpc) is 2.82. The molecule has 1 aromatic heterocycles. The van der Waals surface area contributed by atoms with Crippen LogP contribution in [0.3, 0.4) is 0 Å². The summed E-state index contributed by atoms with van der Waals surface area (Å²) in [6.45, 7) is 1.05. The zero-order chi connectivity index (χ0) is 12.0. The minimum Gasteiger partial charge on any atom is -0.305 e. The molecular formula is C12H14BrN3O. The molecule has 1 aliphatic heterocycles. The van der Waals surface area contributed by atoms with Gasteiger partial charge in [-0.15, -0.1) is 0 Å². The molecule has 4 nitrogen and oxygen atoms in total. The lowest BCUT2D eigenvalue weighted by atomic mass is 10.3. The lowest BCUT2D eigenvalue weighted by Crippen LogP contribution is -2.30. The highest BCUT2D eigenvalue weighted by Gasteiger charge is 2.26. The molecule has 0 spiro atoms. The molecule has 1 unspecified atom stereocenters. The first-order chi connectivity index (χ1) is 8.18. The van der Waals surface area contributed by atoms with E-state index in [1.54, 1.807) is 0 Å². The number of likely N-dealkylation sites (tertiary alicyclic amines) is 1. The predicted molar refractivity (Wildman–Crippen MR) is 71.2 cm³/mol. The molecule has 2 aromatic rings. The Morgan fingerprint density at radius 2 is 2.29 bits per heavy atom. The van der Waals surface area contributed by atoms with E-state index in [9.17, 15) is 4.79 Å². The van der Waals surface area contributed by atoms with Crippen molar-refractivity contribution >= 4 is 27.0 Å². The molecule has 1 aliphatic rings. The number of para-hydroxylation sites is 1. The normalized spacial score (nSPS) is 21.4. The van der Waals surface area contributed by atoms with E-state index in [2.05, 4.69) is 32.9 Å². The summed E-state index contributed by atoms with van der Waals surface area (Å²) in [7, 11) is 2.07. The number of aromatic amines is 1. The highest BCUT2D eigenvalue weighted by molar-refractivity contribution is 9.10. The molecule has 1 saturated heterocycles. The van der Waals surface area contributed by atoms with Gasteiger partial charge in [-0.1, -0.05) is 6.07 Å². The van der Waals surface area contributed by atoms with Crippen LogP contribution in [0.4, 0.5) is 0 Å². The summed E-state index contributed by atoms with van der Waals surface area (Å²) >= 11 is 3.53. The number of halogens is 1. The van der Waals surface area contributed by atoms with Crippen molar-refractivity contribution in [3.05, 3.63) is 33.2 Å². The van der Waals surface area contributed by atoms with Crippen LogP contribution >= 0.6 is 15.9 Å². The van der Waals surface area contributed by atoms with E-state index in [4.69, 9.17) is 0 Å². The molecule has 0 bridgehead atoms. The van der Waals surface area contributed by atoms with Crippen LogP contribution in [0.15, 0.2) is 27.5 Å². The fourth-order valence-electron chi connectivity index (χ4n) is 2.64. The summed E-state index contributed by atoms with van der Waals surface area (Å²) in [5, 5.41) is 0. The molecule has 2 heterocycles. The van der Waals surface area contributed by atoms with Crippen LogP contribution in [0.5, 0.6) is 0 Å². The topological polar surface area (TPSA) is 41.0 Å². The number of nitrogens with one attached hydrogen (secondary N) is 1. The Labute approximate surface area is 107 Å². The zero-order valence-corrected chi connectivity index (χ0v) is 11.2. The summed E-state index contributed by atoms with van der Waals surface area (Å²) in [5.41, 5.74) is 1.84. The number of imidazole rings is 1. The van der Waals surface area contributed by atoms with Crippen LogP contribution in [0.1, 0.15) is 19.0 Å². The lowest BCUT2D eigenvalue weighted by Gasteiger charge is -2.21. The molecule has 1 atom stereocenters. The Bertz CT molecular complexity index is 616. The maximum absolute atomic E-state index is 12.1. The second-order valence-electron chi connectivity index (χ2n) is 4.54. The maximum Gasteiger partial charge on any atom is 0.327 e. The SMILES string of the molecule is CN1CCCC1n1c(=O)[nH]c2cccc(Br)c21. The number of fused-ring (bicyclic) bond motifs is 1. The van der Waals surface area contributed by atoms with Crippen LogP contribution in [-0.2, 0) is 0 Å². The van der Waals surface area contributed by atoms with Crippen LogP contribution < -0.4 is 5.69 Å². The summed E-state index contributed by atoms with van der Waals surface area (Å²) in [6, 6.07) is 5.85. The third-order valence-corrected chi connectivity index (χ3v) is 4.11. The first-order valence-electron chi connectivity index (χ1n) is 5.77. The first kappa shape index (κ1) is 11.0. The van der Waals surface area contributed by atoms with Crippen molar-refractivity contribution in [2.45, 2.75) is 19.0 Å². The van der Waals surface area contributed by atoms with E-state index in [1.165, 1.54) is 0 Å². The largest absolute Gasteiger partial charge is 0.327 e. The molecule has 1 fully saturated rings. The number of hydrogen-bond acceptors (Lipinski definition) is 2. The highest BCUT2D eigenvalue weighted by atomic mass is 79.9. The van der Waals surface area contributed by atoms with Gasteiger partial charge in [0.2, 0.25) is 0 Å². The van der Waals surface area contributed by atoms with Gasteiger partial charge in [0, 0.05) is 4.47 Å². The van der Waals surface area contributed by atoms with E-state index >= 15 is 0 Å². The minimum atomic E-state index is -0.0225. The monoisotopic (exact) mass is 295 g/mol. The van der Waals surface area contributed by atoms with Gasteiger partial charge < -0.3 is 4.98 Å². The molecule has 0 aliphatic carbocycles. The molecule has 0 saturated carbocycles. The van der Waals surface area contributed by atoms with Crippen molar-refractivity contribution in [1.29, 1.82) is 0 Å². The van der Waals surface area contributed by atoms with E-state index in [-0.39, 0.29) is 11.9 Å². The van der Waals surface area contributed by atoms with Crippen molar-refractivity contribution < 1.29 is 0 Å². The molecule has 1 aromatic carbocycles. The number of H-pyrrole nitrogens is 1. The Kier molecular flexibility index (Phi) is 2.60. The zero-order valence-electron chi connectivity index (χ0n) is 9.61. The quantitative estimate of drug-likeness (QED) is 0.877.